The predicted molar refractivity (Wildman–Crippen MR) is 96.7 cm³/mol. The molecule has 27 heavy (non-hydrogen) atoms. The molecule has 0 unspecified atom stereocenters. The molecule has 0 fully saturated rings. The van der Waals surface area contributed by atoms with Crippen LogP contribution in [0.2, 0.25) is 0 Å². The molecule has 2 rings (SSSR count). The number of ether oxygens (including phenoxy) is 2. The number of hydrogen-bond acceptors (Lipinski definition) is 7. The minimum Gasteiger partial charge on any atom is -0.465 e. The van der Waals surface area contributed by atoms with E-state index >= 15 is 0 Å². The number of anilines is 2. The molecule has 0 amide bonds. The van der Waals surface area contributed by atoms with Crippen molar-refractivity contribution in [2.75, 3.05) is 30.1 Å². The Hall–Kier alpha value is -3.14. The van der Waals surface area contributed by atoms with Gasteiger partial charge in [0.1, 0.15) is 11.5 Å². The zero-order valence-corrected chi connectivity index (χ0v) is 15.5. The molecule has 0 bridgehead atoms. The van der Waals surface area contributed by atoms with Crippen LogP contribution in [0.4, 0.5) is 15.8 Å². The topological polar surface area (TPSA) is 102 Å². The summed E-state index contributed by atoms with van der Waals surface area (Å²) < 4.78 is 48.9. The van der Waals surface area contributed by atoms with Gasteiger partial charge >= 0.3 is 11.9 Å². The number of hydrogen-bond donors (Lipinski definition) is 1. The molecule has 8 nitrogen and oxygen atoms in total. The number of benzene rings is 1. The average molecular weight is 396 g/mol. The maximum absolute atomic E-state index is 13.9. The Morgan fingerprint density at radius 1 is 1.11 bits per heavy atom. The lowest BCUT2D eigenvalue weighted by atomic mass is 10.1. The first kappa shape index (κ1) is 20.2. The molecule has 0 aliphatic carbocycles. The summed E-state index contributed by atoms with van der Waals surface area (Å²) >= 11 is 0. The van der Waals surface area contributed by atoms with E-state index in [1.54, 1.807) is 0 Å². The lowest BCUT2D eigenvalue weighted by Gasteiger charge is -2.25. The lowest BCUT2D eigenvalue weighted by Crippen LogP contribution is -2.28. The zero-order chi connectivity index (χ0) is 20.2. The number of esters is 2. The molecule has 0 saturated carbocycles. The number of carbonyl (C=O) groups is 2. The second-order valence-corrected chi connectivity index (χ2v) is 7.10. The van der Waals surface area contributed by atoms with Gasteiger partial charge in [-0.25, -0.2) is 22.4 Å². The molecular weight excluding hydrogens is 379 g/mol. The van der Waals surface area contributed by atoms with Crippen molar-refractivity contribution in [3.8, 4) is 0 Å². The second-order valence-electron chi connectivity index (χ2n) is 5.35. The van der Waals surface area contributed by atoms with Gasteiger partial charge in [0.25, 0.3) is 0 Å². The van der Waals surface area contributed by atoms with Crippen LogP contribution < -0.4 is 9.62 Å². The normalized spacial score (nSPS) is 14.0. The fourth-order valence-electron chi connectivity index (χ4n) is 2.34. The van der Waals surface area contributed by atoms with Crippen LogP contribution in [0.5, 0.6) is 0 Å². The summed E-state index contributed by atoms with van der Waals surface area (Å²) in [4.78, 5) is 25.7. The summed E-state index contributed by atoms with van der Waals surface area (Å²) in [5, 5.41) is 0. The van der Waals surface area contributed by atoms with Crippen molar-refractivity contribution in [3.05, 3.63) is 59.7 Å². The van der Waals surface area contributed by atoms with E-state index in [9.17, 15) is 22.4 Å². The number of carbonyl (C=O) groups excluding carboxylic acids is 2. The van der Waals surface area contributed by atoms with Gasteiger partial charge in [-0.2, -0.15) is 0 Å². The van der Waals surface area contributed by atoms with E-state index in [0.717, 1.165) is 37.5 Å². The van der Waals surface area contributed by atoms with Crippen molar-refractivity contribution >= 4 is 33.3 Å². The fraction of sp³-hybridized carbons (Fsp3) is 0.176. The zero-order valence-electron chi connectivity index (χ0n) is 14.7. The third-order valence-electron chi connectivity index (χ3n) is 3.40. The Morgan fingerprint density at radius 2 is 1.78 bits per heavy atom. The van der Waals surface area contributed by atoms with Crippen molar-refractivity contribution in [3.63, 3.8) is 0 Å². The van der Waals surface area contributed by atoms with E-state index in [4.69, 9.17) is 9.47 Å². The van der Waals surface area contributed by atoms with Crippen LogP contribution in [-0.2, 0) is 29.1 Å². The van der Waals surface area contributed by atoms with E-state index in [-0.39, 0.29) is 22.6 Å². The first-order chi connectivity index (χ1) is 12.7. The number of rotatable bonds is 5. The second kappa shape index (κ2) is 8.04. The molecule has 1 aliphatic heterocycles. The summed E-state index contributed by atoms with van der Waals surface area (Å²) in [5.41, 5.74) is -0.446. The van der Waals surface area contributed by atoms with Gasteiger partial charge in [0.05, 0.1) is 37.4 Å². The Balaban J connectivity index is 2.76. The highest BCUT2D eigenvalue weighted by atomic mass is 32.2. The number of sulfonamides is 1. The van der Waals surface area contributed by atoms with Crippen molar-refractivity contribution < 1.29 is 31.9 Å². The first-order valence-corrected chi connectivity index (χ1v) is 9.39. The standard InChI is InChI=1S/C17H17FN2O6S/c1-25-16(21)12-6-4-5-9-20(15(12)17(22)26-2)14-10-11(18)7-8-13(14)19-27(3,23)24/h4-10,19H,1-3H3. The SMILES string of the molecule is COC(=O)C1=C(C(=O)OC)N(c2cc(F)ccc2NS(C)(=O)=O)C=CC=C1. The van der Waals surface area contributed by atoms with Crippen LogP contribution in [0.15, 0.2) is 53.9 Å². The molecule has 1 aliphatic rings. The monoisotopic (exact) mass is 396 g/mol. The average Bonchev–Trinajstić information content (AvgIpc) is 2.83. The van der Waals surface area contributed by atoms with Crippen LogP contribution >= 0.6 is 0 Å². The van der Waals surface area contributed by atoms with E-state index in [1.807, 2.05) is 0 Å². The molecule has 1 heterocycles. The molecule has 144 valence electrons. The number of nitrogens with zero attached hydrogens (tertiary/aromatic N) is 1. The highest BCUT2D eigenvalue weighted by Gasteiger charge is 2.29. The van der Waals surface area contributed by atoms with Crippen LogP contribution in [-0.4, -0.2) is 40.8 Å². The summed E-state index contributed by atoms with van der Waals surface area (Å²) in [6, 6.07) is 3.27. The maximum Gasteiger partial charge on any atom is 0.355 e. The van der Waals surface area contributed by atoms with Gasteiger partial charge in [0.2, 0.25) is 10.0 Å². The van der Waals surface area contributed by atoms with Crippen LogP contribution in [0.3, 0.4) is 0 Å². The molecule has 1 aromatic rings. The summed E-state index contributed by atoms with van der Waals surface area (Å²) in [6.07, 6.45) is 6.57. The molecule has 10 heteroatoms. The molecule has 1 aromatic carbocycles. The van der Waals surface area contributed by atoms with Crippen LogP contribution in [0.25, 0.3) is 0 Å². The number of allylic oxidation sites excluding steroid dienone is 2. The van der Waals surface area contributed by atoms with Gasteiger partial charge in [0.15, 0.2) is 0 Å². The number of methoxy groups -OCH3 is 2. The maximum atomic E-state index is 13.9. The Morgan fingerprint density at radius 3 is 2.37 bits per heavy atom. The Kier molecular flexibility index (Phi) is 6.01. The molecule has 0 aromatic heterocycles. The molecule has 0 radical (unpaired) electrons. The first-order valence-electron chi connectivity index (χ1n) is 7.50. The molecule has 0 spiro atoms. The lowest BCUT2D eigenvalue weighted by molar-refractivity contribution is -0.139. The third kappa shape index (κ3) is 4.73. The van der Waals surface area contributed by atoms with Crippen molar-refractivity contribution in [2.24, 2.45) is 0 Å². The Bertz CT molecular complexity index is 966. The molecule has 0 saturated heterocycles. The number of nitrogens with one attached hydrogen (secondary N) is 1. The van der Waals surface area contributed by atoms with Gasteiger partial charge in [-0.15, -0.1) is 0 Å². The van der Waals surface area contributed by atoms with E-state index in [0.29, 0.717) is 0 Å². The van der Waals surface area contributed by atoms with Gasteiger partial charge in [-0.1, -0.05) is 6.08 Å². The molecular formula is C17H17FN2O6S. The highest BCUT2D eigenvalue weighted by Crippen LogP contribution is 2.33. The summed E-state index contributed by atoms with van der Waals surface area (Å²) in [6.45, 7) is 0. The van der Waals surface area contributed by atoms with Crippen LogP contribution in [0.1, 0.15) is 0 Å². The smallest absolute Gasteiger partial charge is 0.355 e. The van der Waals surface area contributed by atoms with Crippen molar-refractivity contribution in [1.29, 1.82) is 0 Å². The van der Waals surface area contributed by atoms with Gasteiger partial charge < -0.3 is 14.4 Å². The van der Waals surface area contributed by atoms with E-state index < -0.39 is 27.8 Å². The molecule has 1 N–H and O–H groups in total. The van der Waals surface area contributed by atoms with Crippen molar-refractivity contribution in [1.82, 2.24) is 0 Å². The highest BCUT2D eigenvalue weighted by molar-refractivity contribution is 7.92. The summed E-state index contributed by atoms with van der Waals surface area (Å²) in [5.74, 6) is -2.41. The minimum atomic E-state index is -3.70. The quantitative estimate of drug-likeness (QED) is 0.756. The van der Waals surface area contributed by atoms with Crippen molar-refractivity contribution in [2.45, 2.75) is 0 Å². The molecule has 0 atom stereocenters. The number of halogens is 1. The van der Waals surface area contributed by atoms with E-state index in [1.165, 1.54) is 30.5 Å². The Labute approximate surface area is 155 Å². The van der Waals surface area contributed by atoms with Gasteiger partial charge in [-0.3, -0.25) is 4.72 Å². The largest absolute Gasteiger partial charge is 0.465 e. The predicted octanol–water partition coefficient (Wildman–Crippen LogP) is 1.69. The minimum absolute atomic E-state index is 0.00364. The fourth-order valence-corrected chi connectivity index (χ4v) is 2.91. The van der Waals surface area contributed by atoms with Crippen LogP contribution in [0, 0.1) is 5.82 Å². The van der Waals surface area contributed by atoms with Gasteiger partial charge in [-0.05, 0) is 24.3 Å². The van der Waals surface area contributed by atoms with E-state index in [2.05, 4.69) is 4.72 Å². The third-order valence-corrected chi connectivity index (χ3v) is 3.99. The summed E-state index contributed by atoms with van der Waals surface area (Å²) in [7, 11) is -1.45. The van der Waals surface area contributed by atoms with Gasteiger partial charge in [0, 0.05) is 12.3 Å².